The van der Waals surface area contributed by atoms with Gasteiger partial charge in [0.05, 0.1) is 18.1 Å². The van der Waals surface area contributed by atoms with E-state index in [1.165, 1.54) is 6.07 Å². The van der Waals surface area contributed by atoms with Crippen molar-refractivity contribution >= 4 is 11.9 Å². The van der Waals surface area contributed by atoms with E-state index in [0.29, 0.717) is 5.56 Å². The minimum atomic E-state index is -1.06. The van der Waals surface area contributed by atoms with Crippen molar-refractivity contribution in [1.82, 2.24) is 5.32 Å². The monoisotopic (exact) mass is 318 g/mol. The predicted octanol–water partition coefficient (Wildman–Crippen LogP) is 3.78. The minimum Gasteiger partial charge on any atom is -0.478 e. The number of aromatic carboxylic acids is 1. The Hall–Kier alpha value is -2.35. The lowest BCUT2D eigenvalue weighted by atomic mass is 9.85. The van der Waals surface area contributed by atoms with Crippen molar-refractivity contribution in [1.29, 1.82) is 5.26 Å². The molecule has 1 aromatic rings. The molecule has 0 aliphatic rings. The normalized spacial score (nSPS) is 11.5. The molecule has 0 aliphatic carbocycles. The van der Waals surface area contributed by atoms with Gasteiger partial charge in [0.25, 0.3) is 5.91 Å². The number of carboxylic acid groups (broad SMARTS) is 1. The van der Waals surface area contributed by atoms with Crippen LogP contribution in [0, 0.1) is 23.7 Å². The quantitative estimate of drug-likeness (QED) is 0.884. The van der Waals surface area contributed by atoms with E-state index in [-0.39, 0.29) is 34.9 Å². The molecular formula is C18H26N2O3. The van der Waals surface area contributed by atoms with E-state index in [0.717, 1.165) is 0 Å². The summed E-state index contributed by atoms with van der Waals surface area (Å²) in [6.45, 7) is 11.5. The number of nitrogens with zero attached hydrogens (tertiary/aromatic N) is 1. The van der Waals surface area contributed by atoms with Gasteiger partial charge in [-0.2, -0.15) is 5.26 Å². The van der Waals surface area contributed by atoms with Crippen LogP contribution in [0.15, 0.2) is 18.2 Å². The number of carbonyl (C=O) groups excluding carboxylic acids is 1. The molecule has 0 saturated carbocycles. The Balaban J connectivity index is 0.00000232. The van der Waals surface area contributed by atoms with Gasteiger partial charge in [-0.05, 0) is 30.0 Å². The molecule has 126 valence electrons. The zero-order valence-corrected chi connectivity index (χ0v) is 14.7. The zero-order valence-electron chi connectivity index (χ0n) is 14.7. The number of benzene rings is 1. The van der Waals surface area contributed by atoms with Gasteiger partial charge in [0, 0.05) is 11.6 Å². The van der Waals surface area contributed by atoms with Gasteiger partial charge in [-0.3, -0.25) is 4.79 Å². The highest BCUT2D eigenvalue weighted by molar-refractivity contribution is 5.98. The van der Waals surface area contributed by atoms with Crippen LogP contribution in [-0.2, 0) is 0 Å². The fourth-order valence-electron chi connectivity index (χ4n) is 1.90. The number of nitriles is 1. The van der Waals surface area contributed by atoms with Crippen LogP contribution >= 0.6 is 0 Å². The third-order valence-electron chi connectivity index (χ3n) is 3.38. The smallest absolute Gasteiger partial charge is 0.335 e. The van der Waals surface area contributed by atoms with Crippen LogP contribution in [0.3, 0.4) is 0 Å². The van der Waals surface area contributed by atoms with Crippen LogP contribution in [0.25, 0.3) is 0 Å². The Kier molecular flexibility index (Phi) is 8.03. The van der Waals surface area contributed by atoms with Gasteiger partial charge in [-0.15, -0.1) is 0 Å². The van der Waals surface area contributed by atoms with Crippen molar-refractivity contribution in [3.8, 4) is 6.07 Å². The summed E-state index contributed by atoms with van der Waals surface area (Å²) in [7, 11) is 0. The third kappa shape index (κ3) is 6.11. The zero-order chi connectivity index (χ0) is 18.2. The lowest BCUT2D eigenvalue weighted by Gasteiger charge is -2.29. The first-order valence-electron chi connectivity index (χ1n) is 7.68. The average Bonchev–Trinajstić information content (AvgIpc) is 2.48. The summed E-state index contributed by atoms with van der Waals surface area (Å²) in [4.78, 5) is 23.4. The molecule has 5 nitrogen and oxygen atoms in total. The second kappa shape index (κ2) is 8.94. The van der Waals surface area contributed by atoms with Gasteiger partial charge < -0.3 is 10.4 Å². The van der Waals surface area contributed by atoms with Crippen molar-refractivity contribution in [2.75, 3.05) is 0 Å². The van der Waals surface area contributed by atoms with E-state index in [1.54, 1.807) is 19.1 Å². The molecule has 1 rings (SSSR count). The largest absolute Gasteiger partial charge is 0.478 e. The second-order valence-corrected chi connectivity index (χ2v) is 6.09. The number of carbonyl (C=O) groups is 2. The molecule has 0 radical (unpaired) electrons. The first-order valence-corrected chi connectivity index (χ1v) is 7.68. The van der Waals surface area contributed by atoms with Crippen LogP contribution in [0.4, 0.5) is 0 Å². The summed E-state index contributed by atoms with van der Waals surface area (Å²) in [6.07, 6.45) is 0.201. The molecule has 1 aromatic carbocycles. The van der Waals surface area contributed by atoms with Gasteiger partial charge in [-0.25, -0.2) is 4.79 Å². The lowest BCUT2D eigenvalue weighted by molar-refractivity contribution is 0.0696. The number of carboxylic acids is 1. The topological polar surface area (TPSA) is 90.2 Å². The summed E-state index contributed by atoms with van der Waals surface area (Å²) in [5.41, 5.74) is 0.731. The van der Waals surface area contributed by atoms with E-state index < -0.39 is 5.97 Å². The van der Waals surface area contributed by atoms with Crippen LogP contribution in [-0.4, -0.2) is 23.0 Å². The lowest BCUT2D eigenvalue weighted by Crippen LogP contribution is -2.43. The predicted molar refractivity (Wildman–Crippen MR) is 90.4 cm³/mol. The number of hydrogen-bond acceptors (Lipinski definition) is 3. The van der Waals surface area contributed by atoms with Crippen LogP contribution in [0.5, 0.6) is 0 Å². The van der Waals surface area contributed by atoms with Crippen molar-refractivity contribution in [3.05, 3.63) is 34.9 Å². The van der Waals surface area contributed by atoms with Crippen molar-refractivity contribution in [2.24, 2.45) is 5.41 Å². The van der Waals surface area contributed by atoms with Gasteiger partial charge in [-0.1, -0.05) is 40.7 Å². The van der Waals surface area contributed by atoms with E-state index in [1.807, 2.05) is 34.6 Å². The van der Waals surface area contributed by atoms with Gasteiger partial charge in [0.2, 0.25) is 0 Å². The van der Waals surface area contributed by atoms with Crippen LogP contribution < -0.4 is 5.32 Å². The highest BCUT2D eigenvalue weighted by Crippen LogP contribution is 2.22. The van der Waals surface area contributed by atoms with Crippen molar-refractivity contribution < 1.29 is 14.7 Å². The molecule has 1 amide bonds. The molecule has 0 spiro atoms. The number of nitrogens with one attached hydrogen (secondary N) is 1. The summed E-state index contributed by atoms with van der Waals surface area (Å²) in [5.74, 6) is -1.43. The average molecular weight is 318 g/mol. The van der Waals surface area contributed by atoms with Crippen LogP contribution in [0.1, 0.15) is 67.3 Å². The van der Waals surface area contributed by atoms with Crippen molar-refractivity contribution in [3.63, 3.8) is 0 Å². The Labute approximate surface area is 138 Å². The maximum Gasteiger partial charge on any atom is 0.335 e. The third-order valence-corrected chi connectivity index (χ3v) is 3.38. The standard InChI is InChI=1S/C16H20N2O3.C2H6/c1-10-5-6-11(9-12(10)15(20)21)14(19)18-13(7-8-17)16(2,3)4;1-2/h5-6,9,13H,7H2,1-4H3,(H,18,19)(H,20,21);1-2H3/t13-;/m1./s1. The Morgan fingerprint density at radius 3 is 2.30 bits per heavy atom. The second-order valence-electron chi connectivity index (χ2n) is 6.09. The molecule has 0 aliphatic heterocycles. The fourth-order valence-corrected chi connectivity index (χ4v) is 1.90. The van der Waals surface area contributed by atoms with E-state index >= 15 is 0 Å². The summed E-state index contributed by atoms with van der Waals surface area (Å²) in [6, 6.07) is 6.31. The van der Waals surface area contributed by atoms with Crippen LogP contribution in [0.2, 0.25) is 0 Å². The van der Waals surface area contributed by atoms with Gasteiger partial charge >= 0.3 is 5.97 Å². The Bertz CT molecular complexity index is 595. The Morgan fingerprint density at radius 1 is 1.30 bits per heavy atom. The SMILES string of the molecule is CC.Cc1ccc(C(=O)N[C@H](CC#N)C(C)(C)C)cc1C(=O)O. The first-order chi connectivity index (χ1) is 10.7. The number of hydrogen-bond donors (Lipinski definition) is 2. The number of aryl methyl sites for hydroxylation is 1. The molecule has 0 fully saturated rings. The molecule has 5 heteroatoms. The molecule has 23 heavy (non-hydrogen) atoms. The van der Waals surface area contributed by atoms with Gasteiger partial charge in [0.1, 0.15) is 0 Å². The van der Waals surface area contributed by atoms with E-state index in [2.05, 4.69) is 11.4 Å². The molecule has 1 atom stereocenters. The maximum absolute atomic E-state index is 12.2. The summed E-state index contributed by atoms with van der Waals surface area (Å²) >= 11 is 0. The number of amides is 1. The highest BCUT2D eigenvalue weighted by atomic mass is 16.4. The maximum atomic E-state index is 12.2. The Morgan fingerprint density at radius 2 is 1.87 bits per heavy atom. The highest BCUT2D eigenvalue weighted by Gasteiger charge is 2.26. The molecular weight excluding hydrogens is 292 g/mol. The van der Waals surface area contributed by atoms with Gasteiger partial charge in [0.15, 0.2) is 0 Å². The molecule has 0 aromatic heterocycles. The molecule has 0 saturated heterocycles. The molecule has 2 N–H and O–H groups in total. The summed E-state index contributed by atoms with van der Waals surface area (Å²) < 4.78 is 0. The minimum absolute atomic E-state index is 0.107. The molecule has 0 bridgehead atoms. The molecule has 0 unspecified atom stereocenters. The van der Waals surface area contributed by atoms with E-state index in [4.69, 9.17) is 10.4 Å². The number of rotatable bonds is 4. The summed E-state index contributed by atoms with van der Waals surface area (Å²) in [5, 5.41) is 20.8. The molecule has 0 heterocycles. The fraction of sp³-hybridized carbons (Fsp3) is 0.500. The van der Waals surface area contributed by atoms with E-state index in [9.17, 15) is 9.59 Å². The van der Waals surface area contributed by atoms with Crippen molar-refractivity contribution in [2.45, 2.75) is 54.0 Å². The first kappa shape index (κ1) is 20.6.